The second-order valence-electron chi connectivity index (χ2n) is 5.76. The fraction of sp³-hybridized carbons (Fsp3) is 0.600. The van der Waals surface area contributed by atoms with Crippen molar-refractivity contribution in [1.29, 1.82) is 5.26 Å². The Labute approximate surface area is 113 Å². The molecular weight excluding hydrogens is 238 g/mol. The van der Waals surface area contributed by atoms with Gasteiger partial charge in [0.15, 0.2) is 0 Å². The number of anilines is 1. The standard InChI is InChI=1S/C15H19N3O/c16-9-13-4-5-14(10-17-13)18-8-7-15(19)6-2-1-3-12(15)11-18/h4-5,10,12,19H,1-3,6-8,11H2. The first-order valence-electron chi connectivity index (χ1n) is 7.05. The van der Waals surface area contributed by atoms with Crippen LogP contribution < -0.4 is 4.90 Å². The number of nitrogens with zero attached hydrogens (tertiary/aromatic N) is 3. The summed E-state index contributed by atoms with van der Waals surface area (Å²) >= 11 is 0. The first kappa shape index (κ1) is 12.4. The maximum atomic E-state index is 10.7. The lowest BCUT2D eigenvalue weighted by molar-refractivity contribution is -0.0612. The van der Waals surface area contributed by atoms with E-state index in [0.717, 1.165) is 44.5 Å². The van der Waals surface area contributed by atoms with Gasteiger partial charge in [0.2, 0.25) is 0 Å². The number of pyridine rings is 1. The normalized spacial score (nSPS) is 30.5. The summed E-state index contributed by atoms with van der Waals surface area (Å²) in [5.41, 5.74) is 1.08. The van der Waals surface area contributed by atoms with Crippen molar-refractivity contribution in [3.63, 3.8) is 0 Å². The van der Waals surface area contributed by atoms with Crippen LogP contribution in [0.25, 0.3) is 0 Å². The average molecular weight is 257 g/mol. The van der Waals surface area contributed by atoms with Crippen LogP contribution >= 0.6 is 0 Å². The molecule has 1 N–H and O–H groups in total. The summed E-state index contributed by atoms with van der Waals surface area (Å²) in [7, 11) is 0. The zero-order valence-corrected chi connectivity index (χ0v) is 11.0. The van der Waals surface area contributed by atoms with Gasteiger partial charge in [-0.2, -0.15) is 5.26 Å². The highest BCUT2D eigenvalue weighted by molar-refractivity contribution is 5.46. The van der Waals surface area contributed by atoms with Crippen molar-refractivity contribution in [3.05, 3.63) is 24.0 Å². The highest BCUT2D eigenvalue weighted by Crippen LogP contribution is 2.40. The largest absolute Gasteiger partial charge is 0.389 e. The average Bonchev–Trinajstić information content (AvgIpc) is 2.46. The van der Waals surface area contributed by atoms with Gasteiger partial charge in [-0.25, -0.2) is 4.98 Å². The fourth-order valence-corrected chi connectivity index (χ4v) is 3.44. The lowest BCUT2D eigenvalue weighted by Crippen LogP contribution is -2.53. The lowest BCUT2D eigenvalue weighted by Gasteiger charge is -2.48. The maximum Gasteiger partial charge on any atom is 0.140 e. The SMILES string of the molecule is N#Cc1ccc(N2CCC3(O)CCCCC3C2)cn1. The minimum absolute atomic E-state index is 0.380. The van der Waals surface area contributed by atoms with Crippen LogP contribution in [0.15, 0.2) is 18.3 Å². The summed E-state index contributed by atoms with van der Waals surface area (Å²) in [5, 5.41) is 19.4. The van der Waals surface area contributed by atoms with Gasteiger partial charge in [-0.15, -0.1) is 0 Å². The highest BCUT2D eigenvalue weighted by atomic mass is 16.3. The molecular formula is C15H19N3O. The molecule has 0 radical (unpaired) electrons. The van der Waals surface area contributed by atoms with Crippen LogP contribution in [0.3, 0.4) is 0 Å². The molecule has 2 atom stereocenters. The van der Waals surface area contributed by atoms with Crippen molar-refractivity contribution in [2.45, 2.75) is 37.7 Å². The van der Waals surface area contributed by atoms with Crippen LogP contribution in [-0.4, -0.2) is 28.8 Å². The summed E-state index contributed by atoms with van der Waals surface area (Å²) in [6.45, 7) is 1.78. The van der Waals surface area contributed by atoms with Crippen LogP contribution in [0.4, 0.5) is 5.69 Å². The van der Waals surface area contributed by atoms with Crippen LogP contribution in [-0.2, 0) is 0 Å². The zero-order chi connectivity index (χ0) is 13.3. The summed E-state index contributed by atoms with van der Waals surface area (Å²) < 4.78 is 0. The smallest absolute Gasteiger partial charge is 0.140 e. The van der Waals surface area contributed by atoms with Crippen molar-refractivity contribution in [3.8, 4) is 6.07 Å². The van der Waals surface area contributed by atoms with E-state index < -0.39 is 5.60 Å². The number of nitriles is 1. The van der Waals surface area contributed by atoms with Crippen molar-refractivity contribution < 1.29 is 5.11 Å². The predicted octanol–water partition coefficient (Wildman–Crippen LogP) is 2.08. The molecule has 0 amide bonds. The summed E-state index contributed by atoms with van der Waals surface area (Å²) in [4.78, 5) is 6.42. The third-order valence-electron chi connectivity index (χ3n) is 4.66. The topological polar surface area (TPSA) is 60.2 Å². The molecule has 2 unspecified atom stereocenters. The fourth-order valence-electron chi connectivity index (χ4n) is 3.44. The molecule has 1 aromatic rings. The Balaban J connectivity index is 1.75. The molecule has 1 saturated carbocycles. The molecule has 4 heteroatoms. The van der Waals surface area contributed by atoms with Crippen LogP contribution in [0.1, 0.15) is 37.8 Å². The van der Waals surface area contributed by atoms with Gasteiger partial charge in [-0.3, -0.25) is 0 Å². The second-order valence-corrected chi connectivity index (χ2v) is 5.76. The lowest BCUT2D eigenvalue weighted by atomic mass is 9.71. The minimum Gasteiger partial charge on any atom is -0.389 e. The predicted molar refractivity (Wildman–Crippen MR) is 72.7 cm³/mol. The van der Waals surface area contributed by atoms with Gasteiger partial charge < -0.3 is 10.0 Å². The first-order chi connectivity index (χ1) is 9.21. The Hall–Kier alpha value is -1.60. The molecule has 0 bridgehead atoms. The van der Waals surface area contributed by atoms with Gasteiger partial charge in [0, 0.05) is 19.0 Å². The number of piperidine rings is 1. The van der Waals surface area contributed by atoms with Gasteiger partial charge in [-0.05, 0) is 31.4 Å². The Morgan fingerprint density at radius 3 is 3.00 bits per heavy atom. The van der Waals surface area contributed by atoms with Crippen LogP contribution in [0, 0.1) is 17.2 Å². The Morgan fingerprint density at radius 2 is 2.26 bits per heavy atom. The van der Waals surface area contributed by atoms with E-state index in [-0.39, 0.29) is 0 Å². The first-order valence-corrected chi connectivity index (χ1v) is 7.05. The molecule has 3 rings (SSSR count). The van der Waals surface area contributed by atoms with E-state index in [9.17, 15) is 5.11 Å². The summed E-state index contributed by atoms with van der Waals surface area (Å²) in [6, 6.07) is 5.76. The van der Waals surface area contributed by atoms with Gasteiger partial charge >= 0.3 is 0 Å². The van der Waals surface area contributed by atoms with E-state index in [1.807, 2.05) is 12.1 Å². The molecule has 100 valence electrons. The molecule has 2 heterocycles. The van der Waals surface area contributed by atoms with Crippen LogP contribution in [0.5, 0.6) is 0 Å². The van der Waals surface area contributed by atoms with Gasteiger partial charge in [0.25, 0.3) is 0 Å². The molecule has 1 aliphatic carbocycles. The second kappa shape index (κ2) is 4.82. The maximum absolute atomic E-state index is 10.7. The van der Waals surface area contributed by atoms with E-state index in [1.165, 1.54) is 6.42 Å². The van der Waals surface area contributed by atoms with E-state index in [2.05, 4.69) is 9.88 Å². The Kier molecular flexibility index (Phi) is 3.16. The van der Waals surface area contributed by atoms with Gasteiger partial charge in [0.1, 0.15) is 11.8 Å². The summed E-state index contributed by atoms with van der Waals surface area (Å²) in [5.74, 6) is 0.380. The molecule has 2 aliphatic rings. The molecule has 2 fully saturated rings. The monoisotopic (exact) mass is 257 g/mol. The number of aromatic nitrogens is 1. The van der Waals surface area contributed by atoms with E-state index in [0.29, 0.717) is 11.6 Å². The molecule has 1 aliphatic heterocycles. The van der Waals surface area contributed by atoms with Gasteiger partial charge in [-0.1, -0.05) is 12.8 Å². The highest BCUT2D eigenvalue weighted by Gasteiger charge is 2.42. The van der Waals surface area contributed by atoms with E-state index in [1.54, 1.807) is 12.3 Å². The van der Waals surface area contributed by atoms with E-state index >= 15 is 0 Å². The van der Waals surface area contributed by atoms with Crippen molar-refractivity contribution in [1.82, 2.24) is 4.98 Å². The number of aliphatic hydroxyl groups is 1. The molecule has 1 aromatic heterocycles. The summed E-state index contributed by atoms with van der Waals surface area (Å²) in [6.07, 6.45) is 7.08. The minimum atomic E-state index is -0.436. The third-order valence-corrected chi connectivity index (χ3v) is 4.66. The quantitative estimate of drug-likeness (QED) is 0.836. The number of hydrogen-bond acceptors (Lipinski definition) is 4. The Bertz CT molecular complexity index is 493. The molecule has 4 nitrogen and oxygen atoms in total. The van der Waals surface area contributed by atoms with E-state index in [4.69, 9.17) is 5.26 Å². The van der Waals surface area contributed by atoms with Crippen molar-refractivity contribution in [2.75, 3.05) is 18.0 Å². The number of rotatable bonds is 1. The third kappa shape index (κ3) is 2.31. The number of hydrogen-bond donors (Lipinski definition) is 1. The number of fused-ring (bicyclic) bond motifs is 1. The molecule has 1 saturated heterocycles. The van der Waals surface area contributed by atoms with Crippen molar-refractivity contribution >= 4 is 5.69 Å². The molecule has 0 aromatic carbocycles. The zero-order valence-electron chi connectivity index (χ0n) is 11.0. The molecule has 19 heavy (non-hydrogen) atoms. The van der Waals surface area contributed by atoms with Gasteiger partial charge in [0.05, 0.1) is 17.5 Å². The van der Waals surface area contributed by atoms with Crippen LogP contribution in [0.2, 0.25) is 0 Å². The Morgan fingerprint density at radius 1 is 1.37 bits per heavy atom. The molecule has 0 spiro atoms. The van der Waals surface area contributed by atoms with Crippen molar-refractivity contribution in [2.24, 2.45) is 5.92 Å².